The van der Waals surface area contributed by atoms with E-state index in [-0.39, 0.29) is 5.91 Å². The number of nitrogens with two attached hydrogens (primary N) is 1. The van der Waals surface area contributed by atoms with Crippen LogP contribution in [0.4, 0.5) is 0 Å². The first-order valence-corrected chi connectivity index (χ1v) is 7.48. The Bertz CT molecular complexity index is 599. The van der Waals surface area contributed by atoms with E-state index in [0.29, 0.717) is 19.6 Å². The van der Waals surface area contributed by atoms with E-state index in [1.807, 2.05) is 61.5 Å². The van der Waals surface area contributed by atoms with Crippen molar-refractivity contribution in [3.05, 3.63) is 65.7 Å². The maximum absolute atomic E-state index is 12.1. The first-order valence-electron chi connectivity index (χ1n) is 7.48. The Kier molecular flexibility index (Phi) is 5.98. The summed E-state index contributed by atoms with van der Waals surface area (Å²) in [5.41, 5.74) is 7.97. The van der Waals surface area contributed by atoms with Gasteiger partial charge in [-0.2, -0.15) is 0 Å². The lowest BCUT2D eigenvalue weighted by Gasteiger charge is -2.14. The predicted octanol–water partition coefficient (Wildman–Crippen LogP) is 2.27. The molecule has 0 aliphatic heterocycles. The van der Waals surface area contributed by atoms with Gasteiger partial charge in [0.1, 0.15) is 5.75 Å². The zero-order chi connectivity index (χ0) is 15.8. The molecular formula is C18H22N2O2. The molecule has 4 nitrogen and oxygen atoms in total. The third-order valence-electron chi connectivity index (χ3n) is 3.36. The van der Waals surface area contributed by atoms with E-state index in [2.05, 4.69) is 5.32 Å². The van der Waals surface area contributed by atoms with Crippen molar-refractivity contribution < 1.29 is 9.53 Å². The van der Waals surface area contributed by atoms with Crippen LogP contribution in [0, 0.1) is 0 Å². The van der Waals surface area contributed by atoms with Crippen molar-refractivity contribution in [3.8, 4) is 5.75 Å². The molecule has 1 amide bonds. The van der Waals surface area contributed by atoms with E-state index in [9.17, 15) is 4.79 Å². The molecule has 0 saturated carbocycles. The Morgan fingerprint density at radius 3 is 2.55 bits per heavy atom. The summed E-state index contributed by atoms with van der Waals surface area (Å²) in [4.78, 5) is 12.1. The standard InChI is InChI=1S/C18H22N2O2/c1-2-22-17-11-7-6-10-15(17)13-20-18(21)16(19)12-14-8-4-3-5-9-14/h3-11,16H,2,12-13,19H2,1H3,(H,20,21)/t16-/m0/s1. The number of benzene rings is 2. The molecule has 2 rings (SSSR count). The summed E-state index contributed by atoms with van der Waals surface area (Å²) in [6, 6.07) is 16.9. The molecule has 3 N–H and O–H groups in total. The van der Waals surface area contributed by atoms with Crippen LogP contribution >= 0.6 is 0 Å². The van der Waals surface area contributed by atoms with Crippen molar-refractivity contribution in [3.63, 3.8) is 0 Å². The van der Waals surface area contributed by atoms with E-state index < -0.39 is 6.04 Å². The maximum Gasteiger partial charge on any atom is 0.237 e. The summed E-state index contributed by atoms with van der Waals surface area (Å²) in [7, 11) is 0. The molecule has 0 spiro atoms. The summed E-state index contributed by atoms with van der Waals surface area (Å²) in [5, 5.41) is 2.87. The van der Waals surface area contributed by atoms with Gasteiger partial charge in [0.15, 0.2) is 0 Å². The normalized spacial score (nSPS) is 11.7. The minimum absolute atomic E-state index is 0.157. The van der Waals surface area contributed by atoms with Crippen molar-refractivity contribution >= 4 is 5.91 Å². The van der Waals surface area contributed by atoms with Crippen LogP contribution in [0.5, 0.6) is 5.75 Å². The highest BCUT2D eigenvalue weighted by atomic mass is 16.5. The molecular weight excluding hydrogens is 276 g/mol. The average molecular weight is 298 g/mol. The maximum atomic E-state index is 12.1. The highest BCUT2D eigenvalue weighted by Gasteiger charge is 2.14. The quantitative estimate of drug-likeness (QED) is 0.824. The monoisotopic (exact) mass is 298 g/mol. The minimum Gasteiger partial charge on any atom is -0.494 e. The summed E-state index contributed by atoms with van der Waals surface area (Å²) in [6.45, 7) is 2.95. The van der Waals surface area contributed by atoms with Crippen molar-refractivity contribution in [1.82, 2.24) is 5.32 Å². The van der Waals surface area contributed by atoms with Crippen LogP contribution in [0.3, 0.4) is 0 Å². The van der Waals surface area contributed by atoms with Gasteiger partial charge in [0.05, 0.1) is 12.6 Å². The predicted molar refractivity (Wildman–Crippen MR) is 87.6 cm³/mol. The molecule has 0 aliphatic rings. The van der Waals surface area contributed by atoms with Gasteiger partial charge in [-0.3, -0.25) is 4.79 Å². The number of nitrogens with one attached hydrogen (secondary N) is 1. The highest BCUT2D eigenvalue weighted by Crippen LogP contribution is 2.17. The average Bonchev–Trinajstić information content (AvgIpc) is 2.55. The van der Waals surface area contributed by atoms with Gasteiger partial charge in [0.2, 0.25) is 5.91 Å². The lowest BCUT2D eigenvalue weighted by molar-refractivity contribution is -0.122. The molecule has 22 heavy (non-hydrogen) atoms. The largest absolute Gasteiger partial charge is 0.494 e. The Balaban J connectivity index is 1.89. The zero-order valence-electron chi connectivity index (χ0n) is 12.8. The molecule has 2 aromatic rings. The molecule has 0 saturated heterocycles. The molecule has 0 bridgehead atoms. The van der Waals surface area contributed by atoms with Gasteiger partial charge < -0.3 is 15.8 Å². The summed E-state index contributed by atoms with van der Waals surface area (Å²) < 4.78 is 5.54. The molecule has 0 aliphatic carbocycles. The van der Waals surface area contributed by atoms with Crippen molar-refractivity contribution in [2.75, 3.05) is 6.61 Å². The van der Waals surface area contributed by atoms with Crippen LogP contribution in [0.15, 0.2) is 54.6 Å². The van der Waals surface area contributed by atoms with Crippen LogP contribution < -0.4 is 15.8 Å². The smallest absolute Gasteiger partial charge is 0.237 e. The first kappa shape index (κ1) is 16.0. The molecule has 2 aromatic carbocycles. The number of amides is 1. The number of carbonyl (C=O) groups excluding carboxylic acids is 1. The number of hydrogen-bond acceptors (Lipinski definition) is 3. The first-order chi connectivity index (χ1) is 10.7. The van der Waals surface area contributed by atoms with Crippen LogP contribution in [-0.2, 0) is 17.8 Å². The van der Waals surface area contributed by atoms with E-state index in [1.54, 1.807) is 0 Å². The lowest BCUT2D eigenvalue weighted by Crippen LogP contribution is -2.41. The highest BCUT2D eigenvalue weighted by molar-refractivity contribution is 5.81. The number of carbonyl (C=O) groups is 1. The van der Waals surface area contributed by atoms with Crippen molar-refractivity contribution in [1.29, 1.82) is 0 Å². The fourth-order valence-corrected chi connectivity index (χ4v) is 2.22. The topological polar surface area (TPSA) is 64.3 Å². The Morgan fingerprint density at radius 1 is 1.14 bits per heavy atom. The lowest BCUT2D eigenvalue weighted by atomic mass is 10.1. The molecule has 0 fully saturated rings. The summed E-state index contributed by atoms with van der Waals surface area (Å²) in [5.74, 6) is 0.636. The van der Waals surface area contributed by atoms with Gasteiger partial charge in [-0.05, 0) is 25.0 Å². The summed E-state index contributed by atoms with van der Waals surface area (Å²) >= 11 is 0. The fraction of sp³-hybridized carbons (Fsp3) is 0.278. The Hall–Kier alpha value is -2.33. The van der Waals surface area contributed by atoms with Crippen molar-refractivity contribution in [2.45, 2.75) is 25.9 Å². The van der Waals surface area contributed by atoms with E-state index in [0.717, 1.165) is 16.9 Å². The number of rotatable bonds is 7. The van der Waals surface area contributed by atoms with Crippen LogP contribution in [0.2, 0.25) is 0 Å². The third kappa shape index (κ3) is 4.60. The minimum atomic E-state index is -0.554. The third-order valence-corrected chi connectivity index (χ3v) is 3.36. The van der Waals surface area contributed by atoms with Gasteiger partial charge in [-0.25, -0.2) is 0 Å². The second kappa shape index (κ2) is 8.20. The number of hydrogen-bond donors (Lipinski definition) is 2. The molecule has 0 radical (unpaired) electrons. The second-order valence-electron chi connectivity index (χ2n) is 5.05. The zero-order valence-corrected chi connectivity index (χ0v) is 12.8. The Labute approximate surface area is 131 Å². The molecule has 0 heterocycles. The van der Waals surface area contributed by atoms with Crippen molar-refractivity contribution in [2.24, 2.45) is 5.73 Å². The number of para-hydroxylation sites is 1. The Morgan fingerprint density at radius 2 is 1.82 bits per heavy atom. The summed E-state index contributed by atoms with van der Waals surface area (Å²) in [6.07, 6.45) is 0.528. The SMILES string of the molecule is CCOc1ccccc1CNC(=O)[C@@H](N)Cc1ccccc1. The fourth-order valence-electron chi connectivity index (χ4n) is 2.22. The van der Waals surface area contributed by atoms with Gasteiger partial charge in [0.25, 0.3) is 0 Å². The van der Waals surface area contributed by atoms with E-state index in [4.69, 9.17) is 10.5 Å². The molecule has 116 valence electrons. The van der Waals surface area contributed by atoms with E-state index >= 15 is 0 Å². The second-order valence-corrected chi connectivity index (χ2v) is 5.05. The van der Waals surface area contributed by atoms with Crippen LogP contribution in [0.25, 0.3) is 0 Å². The molecule has 4 heteroatoms. The molecule has 0 unspecified atom stereocenters. The van der Waals surface area contributed by atoms with Gasteiger partial charge in [0, 0.05) is 12.1 Å². The molecule has 0 aromatic heterocycles. The van der Waals surface area contributed by atoms with Crippen LogP contribution in [0.1, 0.15) is 18.1 Å². The number of ether oxygens (including phenoxy) is 1. The van der Waals surface area contributed by atoms with E-state index in [1.165, 1.54) is 0 Å². The molecule has 1 atom stereocenters. The van der Waals surface area contributed by atoms with Gasteiger partial charge in [-0.15, -0.1) is 0 Å². The van der Waals surface area contributed by atoms with Gasteiger partial charge >= 0.3 is 0 Å². The van der Waals surface area contributed by atoms with Crippen LogP contribution in [-0.4, -0.2) is 18.6 Å². The van der Waals surface area contributed by atoms with Gasteiger partial charge in [-0.1, -0.05) is 48.5 Å².